The molecule has 0 radical (unpaired) electrons. The minimum Gasteiger partial charge on any atom is -0.321 e. The number of nitriles is 1. The maximum absolute atomic E-state index is 13.9. The fraction of sp³-hybridized carbons (Fsp3) is 0.394. The topological polar surface area (TPSA) is 93.5 Å². The fourth-order valence-electron chi connectivity index (χ4n) is 7.08. The Hall–Kier alpha value is -3.88. The molecule has 230 valence electrons. The Morgan fingerprint density at radius 2 is 1.75 bits per heavy atom. The van der Waals surface area contributed by atoms with E-state index in [0.717, 1.165) is 55.5 Å². The summed E-state index contributed by atoms with van der Waals surface area (Å²) < 4.78 is 68.4. The Morgan fingerprint density at radius 1 is 1.00 bits per heavy atom. The second kappa shape index (κ2) is 11.9. The van der Waals surface area contributed by atoms with E-state index in [1.807, 2.05) is 12.1 Å². The lowest BCUT2D eigenvalue weighted by Gasteiger charge is -2.40. The third-order valence-electron chi connectivity index (χ3n) is 9.63. The average Bonchev–Trinajstić information content (AvgIpc) is 3.77. The van der Waals surface area contributed by atoms with E-state index in [-0.39, 0.29) is 41.0 Å². The van der Waals surface area contributed by atoms with Crippen LogP contribution in [0.25, 0.3) is 0 Å². The molecular formula is C33H33F3N4O3S. The number of amides is 2. The SMILES string of the molecule is N#Cc1cccc([C@@]23CC[C@@H](N(CC4CCN(S(=O)(=O)c5ccc(F)cc5)CC4)C(=O)Nc4ccc(F)c(F)c4)CC2C3)c1. The highest BCUT2D eigenvalue weighted by Gasteiger charge is 2.58. The van der Waals surface area contributed by atoms with Crippen molar-refractivity contribution in [2.24, 2.45) is 11.8 Å². The van der Waals surface area contributed by atoms with Crippen molar-refractivity contribution in [3.05, 3.63) is 95.3 Å². The number of hydrogen-bond acceptors (Lipinski definition) is 4. The maximum atomic E-state index is 13.9. The van der Waals surface area contributed by atoms with Crippen LogP contribution in [0.2, 0.25) is 0 Å². The quantitative estimate of drug-likeness (QED) is 0.329. The van der Waals surface area contributed by atoms with Crippen LogP contribution in [0.15, 0.2) is 71.6 Å². The van der Waals surface area contributed by atoms with Crippen molar-refractivity contribution in [2.75, 3.05) is 25.0 Å². The zero-order valence-corrected chi connectivity index (χ0v) is 24.9. The number of halogens is 3. The summed E-state index contributed by atoms with van der Waals surface area (Å²) in [6.07, 6.45) is 4.44. The molecule has 1 saturated heterocycles. The molecule has 7 nitrogen and oxygen atoms in total. The van der Waals surface area contributed by atoms with Crippen molar-refractivity contribution in [3.8, 4) is 6.07 Å². The molecule has 2 aliphatic carbocycles. The molecule has 0 aromatic heterocycles. The number of sulfonamides is 1. The minimum atomic E-state index is -3.77. The number of fused-ring (bicyclic) bond motifs is 1. The average molecular weight is 623 g/mol. The monoisotopic (exact) mass is 622 g/mol. The number of benzene rings is 3. The first-order valence-corrected chi connectivity index (χ1v) is 16.3. The van der Waals surface area contributed by atoms with Crippen LogP contribution in [0.1, 0.15) is 49.7 Å². The summed E-state index contributed by atoms with van der Waals surface area (Å²) in [6, 6.07) is 17.5. The number of anilines is 1. The Morgan fingerprint density at radius 3 is 2.43 bits per heavy atom. The van der Waals surface area contributed by atoms with Crippen LogP contribution in [0, 0.1) is 40.6 Å². The highest BCUT2D eigenvalue weighted by Crippen LogP contribution is 2.63. The van der Waals surface area contributed by atoms with Gasteiger partial charge in [-0.25, -0.2) is 26.4 Å². The van der Waals surface area contributed by atoms with Gasteiger partial charge in [0.15, 0.2) is 11.6 Å². The lowest BCUT2D eigenvalue weighted by atomic mass is 9.79. The number of hydrogen-bond donors (Lipinski definition) is 1. The van der Waals surface area contributed by atoms with Crippen molar-refractivity contribution >= 4 is 21.7 Å². The summed E-state index contributed by atoms with van der Waals surface area (Å²) in [5.74, 6) is -2.17. The fourth-order valence-corrected chi connectivity index (χ4v) is 8.55. The van der Waals surface area contributed by atoms with Crippen molar-refractivity contribution in [3.63, 3.8) is 0 Å². The first-order chi connectivity index (χ1) is 21.1. The number of piperidine rings is 1. The van der Waals surface area contributed by atoms with Crippen LogP contribution >= 0.6 is 0 Å². The Balaban J connectivity index is 1.16. The van der Waals surface area contributed by atoms with Crippen LogP contribution in [-0.4, -0.2) is 49.3 Å². The van der Waals surface area contributed by atoms with Gasteiger partial charge in [-0.15, -0.1) is 0 Å². The third kappa shape index (κ3) is 5.93. The molecule has 11 heteroatoms. The van der Waals surface area contributed by atoms with E-state index in [1.54, 1.807) is 11.0 Å². The first kappa shape index (κ1) is 30.2. The second-order valence-electron chi connectivity index (χ2n) is 12.2. The van der Waals surface area contributed by atoms with E-state index in [9.17, 15) is 31.6 Å². The number of nitrogens with one attached hydrogen (secondary N) is 1. The van der Waals surface area contributed by atoms with Gasteiger partial charge < -0.3 is 10.2 Å². The molecular weight excluding hydrogens is 589 g/mol. The summed E-state index contributed by atoms with van der Waals surface area (Å²) in [5, 5.41) is 12.1. The molecule has 2 saturated carbocycles. The van der Waals surface area contributed by atoms with Crippen LogP contribution in [0.5, 0.6) is 0 Å². The molecule has 1 unspecified atom stereocenters. The predicted octanol–water partition coefficient (Wildman–Crippen LogP) is 6.42. The zero-order valence-electron chi connectivity index (χ0n) is 24.1. The van der Waals surface area contributed by atoms with Gasteiger partial charge in [-0.1, -0.05) is 12.1 Å². The lowest BCUT2D eigenvalue weighted by Crippen LogP contribution is -2.49. The lowest BCUT2D eigenvalue weighted by molar-refractivity contribution is 0.132. The summed E-state index contributed by atoms with van der Waals surface area (Å²) in [6.45, 7) is 0.942. The van der Waals surface area contributed by atoms with Gasteiger partial charge in [-0.3, -0.25) is 0 Å². The van der Waals surface area contributed by atoms with Gasteiger partial charge in [-0.05, 0) is 110 Å². The largest absolute Gasteiger partial charge is 0.322 e. The van der Waals surface area contributed by atoms with E-state index < -0.39 is 33.5 Å². The van der Waals surface area contributed by atoms with Crippen LogP contribution in [0.4, 0.5) is 23.7 Å². The predicted molar refractivity (Wildman–Crippen MR) is 159 cm³/mol. The number of rotatable bonds is 7. The molecule has 3 aromatic rings. The number of carbonyl (C=O) groups is 1. The summed E-state index contributed by atoms with van der Waals surface area (Å²) in [5.41, 5.74) is 1.95. The van der Waals surface area contributed by atoms with Crippen molar-refractivity contribution in [1.29, 1.82) is 5.26 Å². The molecule has 2 amide bonds. The normalized spacial score (nSPS) is 23.8. The Kier molecular flexibility index (Phi) is 8.16. The van der Waals surface area contributed by atoms with Gasteiger partial charge >= 0.3 is 6.03 Å². The third-order valence-corrected chi connectivity index (χ3v) is 11.5. The molecule has 3 aromatic carbocycles. The molecule has 0 spiro atoms. The molecule has 44 heavy (non-hydrogen) atoms. The maximum Gasteiger partial charge on any atom is 0.322 e. The molecule has 3 fully saturated rings. The minimum absolute atomic E-state index is 0.00560. The molecule has 6 rings (SSSR count). The van der Waals surface area contributed by atoms with E-state index in [1.165, 1.54) is 22.5 Å². The number of urea groups is 1. The molecule has 1 heterocycles. The van der Waals surface area contributed by atoms with Crippen molar-refractivity contribution in [2.45, 2.75) is 54.9 Å². The Labute approximate surface area is 255 Å². The van der Waals surface area contributed by atoms with E-state index in [4.69, 9.17) is 0 Å². The van der Waals surface area contributed by atoms with Gasteiger partial charge in [0.2, 0.25) is 10.0 Å². The summed E-state index contributed by atoms with van der Waals surface area (Å²) in [7, 11) is -3.77. The standard InChI is InChI=1S/C33H33F3N4O3S/c34-26-4-7-29(8-5-26)44(42,43)39-14-11-22(12-15-39)21-40(32(41)38-27-6-9-30(35)31(36)18-27)28-10-13-33(19-25(33)17-28)24-3-1-2-23(16-24)20-37/h1-9,16,18,22,25,28H,10-15,17,19,21H2,(H,38,41)/t25?,28-,33+/m1/s1. The molecule has 1 aliphatic heterocycles. The van der Waals surface area contributed by atoms with Crippen molar-refractivity contribution < 1.29 is 26.4 Å². The highest BCUT2D eigenvalue weighted by atomic mass is 32.2. The van der Waals surface area contributed by atoms with Gasteiger partial charge in [0.1, 0.15) is 5.82 Å². The second-order valence-corrected chi connectivity index (χ2v) is 14.1. The van der Waals surface area contributed by atoms with Crippen LogP contribution in [0.3, 0.4) is 0 Å². The van der Waals surface area contributed by atoms with Crippen molar-refractivity contribution in [1.82, 2.24) is 9.21 Å². The molecule has 1 N–H and O–H groups in total. The molecule has 3 atom stereocenters. The van der Waals surface area contributed by atoms with Gasteiger partial charge in [-0.2, -0.15) is 9.57 Å². The van der Waals surface area contributed by atoms with Crippen LogP contribution < -0.4 is 5.32 Å². The van der Waals surface area contributed by atoms with Gasteiger partial charge in [0.25, 0.3) is 0 Å². The number of carbonyl (C=O) groups excluding carboxylic acids is 1. The van der Waals surface area contributed by atoms with E-state index in [2.05, 4.69) is 17.5 Å². The Bertz CT molecular complexity index is 1700. The van der Waals surface area contributed by atoms with Gasteiger partial charge in [0.05, 0.1) is 16.5 Å². The summed E-state index contributed by atoms with van der Waals surface area (Å²) >= 11 is 0. The molecule has 0 bridgehead atoms. The van der Waals surface area contributed by atoms with Crippen LogP contribution in [-0.2, 0) is 15.4 Å². The number of nitrogens with zero attached hydrogens (tertiary/aromatic N) is 3. The smallest absolute Gasteiger partial charge is 0.321 e. The van der Waals surface area contributed by atoms with E-state index in [0.29, 0.717) is 30.9 Å². The summed E-state index contributed by atoms with van der Waals surface area (Å²) in [4.78, 5) is 15.5. The highest BCUT2D eigenvalue weighted by molar-refractivity contribution is 7.89. The van der Waals surface area contributed by atoms with Gasteiger partial charge in [0, 0.05) is 37.4 Å². The van der Waals surface area contributed by atoms with E-state index >= 15 is 0 Å². The first-order valence-electron chi connectivity index (χ1n) is 14.9. The zero-order chi connectivity index (χ0) is 31.1. The molecule has 3 aliphatic rings.